The Morgan fingerprint density at radius 1 is 1.33 bits per heavy atom. The van der Waals surface area contributed by atoms with Crippen molar-refractivity contribution in [3.05, 3.63) is 45.2 Å². The van der Waals surface area contributed by atoms with Crippen LogP contribution in [0.4, 0.5) is 5.69 Å². The zero-order valence-electron chi connectivity index (χ0n) is 11.8. The quantitative estimate of drug-likeness (QED) is 0.784. The number of carbonyl (C=O) groups is 1. The smallest absolute Gasteiger partial charge is 0.276 e. The van der Waals surface area contributed by atoms with Crippen LogP contribution in [-0.4, -0.2) is 20.5 Å². The average molecular weight is 321 g/mol. The van der Waals surface area contributed by atoms with E-state index in [2.05, 4.69) is 15.4 Å². The number of aryl methyl sites for hydroxylation is 3. The van der Waals surface area contributed by atoms with E-state index in [9.17, 15) is 4.79 Å². The highest BCUT2D eigenvalue weighted by Crippen LogP contribution is 2.27. The van der Waals surface area contributed by atoms with E-state index in [0.717, 1.165) is 16.1 Å². The van der Waals surface area contributed by atoms with Gasteiger partial charge >= 0.3 is 0 Å². The second-order valence-electron chi connectivity index (χ2n) is 4.87. The number of anilines is 1. The Labute approximate surface area is 130 Å². The molecule has 7 heteroatoms. The van der Waals surface area contributed by atoms with Crippen LogP contribution >= 0.6 is 22.9 Å². The molecule has 0 aliphatic carbocycles. The summed E-state index contributed by atoms with van der Waals surface area (Å²) in [5, 5.41) is 8.48. The summed E-state index contributed by atoms with van der Waals surface area (Å²) in [5.41, 5.74) is 2.92. The molecule has 108 valence electrons. The molecular weight excluding hydrogens is 308 g/mol. The van der Waals surface area contributed by atoms with Crippen LogP contribution in [0.2, 0.25) is 5.02 Å². The highest BCUT2D eigenvalue weighted by atomic mass is 35.5. The van der Waals surface area contributed by atoms with E-state index in [-0.39, 0.29) is 5.91 Å². The maximum absolute atomic E-state index is 12.3. The number of hydrogen-bond acceptors (Lipinski definition) is 4. The van der Waals surface area contributed by atoms with Gasteiger partial charge in [-0.15, -0.1) is 0 Å². The van der Waals surface area contributed by atoms with Crippen LogP contribution in [0.15, 0.2) is 18.3 Å². The molecule has 0 atom stereocenters. The lowest BCUT2D eigenvalue weighted by molar-refractivity contribution is 0.102. The topological polar surface area (TPSA) is 59.3 Å². The fourth-order valence-corrected chi connectivity index (χ4v) is 3.25. The molecule has 0 bridgehead atoms. The Hall–Kier alpha value is -1.92. The Balaban J connectivity index is 1.90. The van der Waals surface area contributed by atoms with Gasteiger partial charge in [-0.2, -0.15) is 5.10 Å². The van der Waals surface area contributed by atoms with Crippen molar-refractivity contribution in [3.8, 4) is 0 Å². The molecule has 0 fully saturated rings. The molecule has 3 rings (SSSR count). The van der Waals surface area contributed by atoms with Gasteiger partial charge in [0.05, 0.1) is 16.9 Å². The molecule has 0 aliphatic heterocycles. The summed E-state index contributed by atoms with van der Waals surface area (Å²) < 4.78 is 1.61. The normalized spacial score (nSPS) is 11.0. The molecule has 21 heavy (non-hydrogen) atoms. The molecule has 1 amide bonds. The fourth-order valence-electron chi connectivity index (χ4n) is 2.16. The predicted molar refractivity (Wildman–Crippen MR) is 84.5 cm³/mol. The Bertz CT molecular complexity index is 797. The highest BCUT2D eigenvalue weighted by molar-refractivity contribution is 7.16. The van der Waals surface area contributed by atoms with Crippen molar-refractivity contribution in [1.29, 1.82) is 0 Å². The minimum atomic E-state index is -0.292. The third-order valence-electron chi connectivity index (χ3n) is 3.05. The van der Waals surface area contributed by atoms with Gasteiger partial charge in [0, 0.05) is 0 Å². The van der Waals surface area contributed by atoms with E-state index in [0.29, 0.717) is 21.4 Å². The number of carbonyl (C=O) groups excluding carboxylic acids is 1. The third-order valence-corrected chi connectivity index (χ3v) is 4.18. The molecule has 1 N–H and O–H groups in total. The number of rotatable bonds is 2. The summed E-state index contributed by atoms with van der Waals surface area (Å²) in [7, 11) is 0. The summed E-state index contributed by atoms with van der Waals surface area (Å²) in [4.78, 5) is 17.3. The molecule has 5 nitrogen and oxygen atoms in total. The molecular formula is C14H13ClN4OS. The van der Waals surface area contributed by atoms with E-state index in [1.165, 1.54) is 11.3 Å². The number of imidazole rings is 1. The first kappa shape index (κ1) is 14.0. The van der Waals surface area contributed by atoms with Gasteiger partial charge in [-0.05, 0) is 38.0 Å². The second kappa shape index (κ2) is 5.13. The molecule has 0 saturated carbocycles. The van der Waals surface area contributed by atoms with E-state index < -0.39 is 0 Å². The minimum absolute atomic E-state index is 0.292. The lowest BCUT2D eigenvalue weighted by Crippen LogP contribution is -2.13. The van der Waals surface area contributed by atoms with Crippen molar-refractivity contribution in [3.63, 3.8) is 0 Å². The number of nitrogens with zero attached hydrogens (tertiary/aromatic N) is 3. The van der Waals surface area contributed by atoms with Gasteiger partial charge in [0.2, 0.25) is 4.96 Å². The van der Waals surface area contributed by atoms with Gasteiger partial charge in [0.1, 0.15) is 10.7 Å². The largest absolute Gasteiger partial charge is 0.319 e. The summed E-state index contributed by atoms with van der Waals surface area (Å²) in [6, 6.07) is 3.79. The highest BCUT2D eigenvalue weighted by Gasteiger charge is 2.15. The van der Waals surface area contributed by atoms with Gasteiger partial charge in [-0.3, -0.25) is 4.79 Å². The average Bonchev–Trinajstić information content (AvgIpc) is 2.90. The summed E-state index contributed by atoms with van der Waals surface area (Å²) in [5.74, 6) is -0.292. The lowest BCUT2D eigenvalue weighted by Gasteiger charge is -2.10. The first-order valence-electron chi connectivity index (χ1n) is 6.35. The van der Waals surface area contributed by atoms with Crippen LogP contribution < -0.4 is 5.32 Å². The van der Waals surface area contributed by atoms with Crippen LogP contribution in [0.1, 0.15) is 26.6 Å². The van der Waals surface area contributed by atoms with Crippen LogP contribution in [0.3, 0.4) is 0 Å². The monoisotopic (exact) mass is 320 g/mol. The number of halogens is 1. The van der Waals surface area contributed by atoms with Crippen molar-refractivity contribution in [1.82, 2.24) is 14.6 Å². The SMILES string of the molecule is Cc1cc(C)c(NC(=O)c2cn3nc(C)sc3n2)c(Cl)c1. The minimum Gasteiger partial charge on any atom is -0.319 e. The Morgan fingerprint density at radius 2 is 2.10 bits per heavy atom. The van der Waals surface area contributed by atoms with Crippen molar-refractivity contribution in [2.45, 2.75) is 20.8 Å². The number of benzene rings is 1. The van der Waals surface area contributed by atoms with Crippen LogP contribution in [-0.2, 0) is 0 Å². The molecule has 0 unspecified atom stereocenters. The van der Waals surface area contributed by atoms with Crippen molar-refractivity contribution >= 4 is 39.5 Å². The molecule has 2 heterocycles. The standard InChI is InChI=1S/C14H13ClN4OS/c1-7-4-8(2)12(10(15)5-7)17-13(20)11-6-19-14(16-11)21-9(3)18-19/h4-6H,1-3H3,(H,17,20). The van der Waals surface area contributed by atoms with Gasteiger partial charge in [0.15, 0.2) is 0 Å². The molecule has 0 saturated heterocycles. The fraction of sp³-hybridized carbons (Fsp3) is 0.214. The summed E-state index contributed by atoms with van der Waals surface area (Å²) in [6.45, 7) is 5.77. The molecule has 3 aromatic rings. The van der Waals surface area contributed by atoms with E-state index in [1.807, 2.05) is 32.9 Å². The maximum atomic E-state index is 12.3. The number of nitrogens with one attached hydrogen (secondary N) is 1. The Morgan fingerprint density at radius 3 is 2.76 bits per heavy atom. The van der Waals surface area contributed by atoms with Gasteiger partial charge in [0.25, 0.3) is 5.91 Å². The van der Waals surface area contributed by atoms with Crippen molar-refractivity contribution in [2.75, 3.05) is 5.32 Å². The zero-order chi connectivity index (χ0) is 15.1. The maximum Gasteiger partial charge on any atom is 0.276 e. The number of fused-ring (bicyclic) bond motifs is 1. The van der Waals surface area contributed by atoms with E-state index >= 15 is 0 Å². The first-order valence-corrected chi connectivity index (χ1v) is 7.54. The molecule has 0 aliphatic rings. The summed E-state index contributed by atoms with van der Waals surface area (Å²) >= 11 is 7.63. The van der Waals surface area contributed by atoms with E-state index in [1.54, 1.807) is 10.7 Å². The van der Waals surface area contributed by atoms with Gasteiger partial charge in [-0.1, -0.05) is 29.0 Å². The van der Waals surface area contributed by atoms with Gasteiger partial charge in [-0.25, -0.2) is 9.50 Å². The summed E-state index contributed by atoms with van der Waals surface area (Å²) in [6.07, 6.45) is 1.62. The molecule has 1 aromatic carbocycles. The zero-order valence-corrected chi connectivity index (χ0v) is 13.3. The Kier molecular flexibility index (Phi) is 3.43. The van der Waals surface area contributed by atoms with Crippen LogP contribution in [0, 0.1) is 20.8 Å². The lowest BCUT2D eigenvalue weighted by atomic mass is 10.1. The molecule has 2 aromatic heterocycles. The van der Waals surface area contributed by atoms with Crippen LogP contribution in [0.5, 0.6) is 0 Å². The van der Waals surface area contributed by atoms with Crippen LogP contribution in [0.25, 0.3) is 4.96 Å². The molecule has 0 radical (unpaired) electrons. The number of amides is 1. The predicted octanol–water partition coefficient (Wildman–Crippen LogP) is 3.62. The van der Waals surface area contributed by atoms with Crippen molar-refractivity contribution < 1.29 is 4.79 Å². The number of aromatic nitrogens is 3. The second-order valence-corrected chi connectivity index (χ2v) is 6.43. The first-order chi connectivity index (χ1) is 9.94. The van der Waals surface area contributed by atoms with Crippen molar-refractivity contribution in [2.24, 2.45) is 0 Å². The molecule has 0 spiro atoms. The van der Waals surface area contributed by atoms with E-state index in [4.69, 9.17) is 11.6 Å². The number of hydrogen-bond donors (Lipinski definition) is 1. The van der Waals surface area contributed by atoms with Gasteiger partial charge < -0.3 is 5.32 Å². The third kappa shape index (κ3) is 2.64.